The number of hydrogen-bond donors (Lipinski definition) is 1. The second-order valence-electron chi connectivity index (χ2n) is 5.25. The Labute approximate surface area is 159 Å². The molecule has 0 saturated heterocycles. The lowest BCUT2D eigenvalue weighted by Gasteiger charge is -2.05. The van der Waals surface area contributed by atoms with Gasteiger partial charge in [0.1, 0.15) is 11.5 Å². The van der Waals surface area contributed by atoms with E-state index in [4.69, 9.17) is 21.1 Å². The van der Waals surface area contributed by atoms with Crippen LogP contribution in [0.1, 0.15) is 10.4 Å². The van der Waals surface area contributed by atoms with E-state index in [1.165, 1.54) is 11.8 Å². The maximum Gasteiger partial charge on any atom is 0.209 e. The minimum Gasteiger partial charge on any atom is -0.497 e. The second-order valence-corrected chi connectivity index (χ2v) is 6.63. The summed E-state index contributed by atoms with van der Waals surface area (Å²) >= 11 is 7.30. The highest BCUT2D eigenvalue weighted by Gasteiger charge is 2.14. The average Bonchev–Trinajstić information content (AvgIpc) is 3.15. The number of methoxy groups -OCH3 is 2. The number of carbonyl (C=O) groups excluding carboxylic acids is 1. The number of rotatable bonds is 7. The van der Waals surface area contributed by atoms with Crippen molar-refractivity contribution in [2.45, 2.75) is 5.16 Å². The summed E-state index contributed by atoms with van der Waals surface area (Å²) in [5, 5.41) is 8.05. The third-order valence-electron chi connectivity index (χ3n) is 3.63. The van der Waals surface area contributed by atoms with Crippen molar-refractivity contribution < 1.29 is 14.3 Å². The minimum atomic E-state index is -0.00987. The van der Waals surface area contributed by atoms with Gasteiger partial charge in [0, 0.05) is 10.6 Å². The Bertz CT molecular complexity index is 912. The molecule has 0 atom stereocenters. The Morgan fingerprint density at radius 3 is 2.62 bits per heavy atom. The highest BCUT2D eigenvalue weighted by atomic mass is 35.5. The Morgan fingerprint density at radius 2 is 1.92 bits per heavy atom. The Morgan fingerprint density at radius 1 is 1.15 bits per heavy atom. The molecule has 3 aromatic rings. The van der Waals surface area contributed by atoms with Crippen molar-refractivity contribution >= 4 is 29.1 Å². The summed E-state index contributed by atoms with van der Waals surface area (Å²) in [6.07, 6.45) is 0. The third-order valence-corrected chi connectivity index (χ3v) is 4.71. The standard InChI is InChI=1S/C18H16ClN3O3S/c1-24-13-6-3-11(4-7-13)15(23)10-26-18-20-17(21-22-18)14-9-12(19)5-8-16(14)25-2/h3-9H,10H2,1-2H3,(H,20,21,22). The number of benzene rings is 2. The van der Waals surface area contributed by atoms with Crippen LogP contribution in [-0.4, -0.2) is 40.9 Å². The molecule has 2 aromatic carbocycles. The van der Waals surface area contributed by atoms with E-state index in [2.05, 4.69) is 15.2 Å². The number of carbonyl (C=O) groups is 1. The zero-order valence-electron chi connectivity index (χ0n) is 14.2. The smallest absolute Gasteiger partial charge is 0.209 e. The second kappa shape index (κ2) is 8.25. The Hall–Kier alpha value is -2.51. The molecule has 134 valence electrons. The van der Waals surface area contributed by atoms with Crippen molar-refractivity contribution in [3.63, 3.8) is 0 Å². The molecule has 0 spiro atoms. The van der Waals surface area contributed by atoms with Crippen LogP contribution >= 0.6 is 23.4 Å². The molecule has 0 aliphatic rings. The number of thioether (sulfide) groups is 1. The van der Waals surface area contributed by atoms with Crippen LogP contribution in [-0.2, 0) is 0 Å². The molecule has 1 aromatic heterocycles. The molecule has 3 rings (SSSR count). The number of nitrogens with zero attached hydrogens (tertiary/aromatic N) is 2. The average molecular weight is 390 g/mol. The van der Waals surface area contributed by atoms with Crippen LogP contribution in [0.3, 0.4) is 0 Å². The number of aromatic nitrogens is 3. The first-order chi connectivity index (χ1) is 12.6. The van der Waals surface area contributed by atoms with Crippen LogP contribution in [0.2, 0.25) is 5.02 Å². The highest BCUT2D eigenvalue weighted by molar-refractivity contribution is 7.99. The van der Waals surface area contributed by atoms with Crippen molar-refractivity contribution in [1.29, 1.82) is 0 Å². The number of H-pyrrole nitrogens is 1. The Kier molecular flexibility index (Phi) is 5.80. The van der Waals surface area contributed by atoms with Gasteiger partial charge in [-0.2, -0.15) is 0 Å². The molecule has 0 bridgehead atoms. The summed E-state index contributed by atoms with van der Waals surface area (Å²) in [7, 11) is 3.16. The summed E-state index contributed by atoms with van der Waals surface area (Å²) in [5.74, 6) is 2.10. The number of halogens is 1. The number of aromatic amines is 1. The van der Waals surface area contributed by atoms with Crippen molar-refractivity contribution in [2.24, 2.45) is 0 Å². The molecule has 0 radical (unpaired) electrons. The predicted molar refractivity (Wildman–Crippen MR) is 101 cm³/mol. The molecule has 6 nitrogen and oxygen atoms in total. The molecular weight excluding hydrogens is 374 g/mol. The van der Waals surface area contributed by atoms with Crippen LogP contribution in [0, 0.1) is 0 Å². The molecule has 1 N–H and O–H groups in total. The van der Waals surface area contributed by atoms with E-state index in [1.807, 2.05) is 0 Å². The van der Waals surface area contributed by atoms with Crippen LogP contribution in [0.5, 0.6) is 11.5 Å². The fourth-order valence-corrected chi connectivity index (χ4v) is 3.15. The molecule has 0 fully saturated rings. The number of ketones is 1. The first-order valence-electron chi connectivity index (χ1n) is 7.67. The summed E-state index contributed by atoms with van der Waals surface area (Å²) < 4.78 is 10.4. The van der Waals surface area contributed by atoms with Gasteiger partial charge in [-0.1, -0.05) is 23.4 Å². The first kappa shape index (κ1) is 18.3. The number of Topliss-reactive ketones (excluding diaryl/α,β-unsaturated/α-hetero) is 1. The van der Waals surface area contributed by atoms with E-state index in [-0.39, 0.29) is 11.5 Å². The van der Waals surface area contributed by atoms with E-state index in [1.54, 1.807) is 56.7 Å². The lowest BCUT2D eigenvalue weighted by atomic mass is 10.1. The topological polar surface area (TPSA) is 77.1 Å². The predicted octanol–water partition coefficient (Wildman–Crippen LogP) is 4.12. The van der Waals surface area contributed by atoms with E-state index in [9.17, 15) is 4.79 Å². The number of nitrogens with one attached hydrogen (secondary N) is 1. The van der Waals surface area contributed by atoms with Crippen LogP contribution in [0.25, 0.3) is 11.4 Å². The van der Waals surface area contributed by atoms with Crippen LogP contribution in [0.15, 0.2) is 47.6 Å². The normalized spacial score (nSPS) is 10.6. The fourth-order valence-electron chi connectivity index (χ4n) is 2.29. The summed E-state index contributed by atoms with van der Waals surface area (Å²) in [6, 6.07) is 12.2. The van der Waals surface area contributed by atoms with Crippen molar-refractivity contribution in [2.75, 3.05) is 20.0 Å². The van der Waals surface area contributed by atoms with Crippen molar-refractivity contribution in [3.8, 4) is 22.9 Å². The third kappa shape index (κ3) is 4.17. The van der Waals surface area contributed by atoms with Gasteiger partial charge < -0.3 is 9.47 Å². The maximum atomic E-state index is 12.3. The largest absolute Gasteiger partial charge is 0.497 e. The van der Waals surface area contributed by atoms with E-state index in [0.717, 1.165) is 0 Å². The number of hydrogen-bond acceptors (Lipinski definition) is 6. The van der Waals surface area contributed by atoms with Gasteiger partial charge in [0.05, 0.1) is 25.5 Å². The zero-order valence-corrected chi connectivity index (χ0v) is 15.7. The lowest BCUT2D eigenvalue weighted by molar-refractivity contribution is 0.102. The van der Waals surface area contributed by atoms with Crippen LogP contribution < -0.4 is 9.47 Å². The summed E-state index contributed by atoms with van der Waals surface area (Å²) in [4.78, 5) is 16.7. The van der Waals surface area contributed by atoms with Gasteiger partial charge in [-0.3, -0.25) is 9.89 Å². The molecule has 0 saturated carbocycles. The van der Waals surface area contributed by atoms with Gasteiger partial charge in [-0.15, -0.1) is 5.10 Å². The summed E-state index contributed by atoms with van der Waals surface area (Å²) in [6.45, 7) is 0. The van der Waals surface area contributed by atoms with Gasteiger partial charge in [-0.05, 0) is 42.5 Å². The molecule has 26 heavy (non-hydrogen) atoms. The van der Waals surface area contributed by atoms with Gasteiger partial charge >= 0.3 is 0 Å². The Balaban J connectivity index is 1.69. The molecule has 1 heterocycles. The van der Waals surface area contributed by atoms with Gasteiger partial charge in [0.25, 0.3) is 0 Å². The lowest BCUT2D eigenvalue weighted by Crippen LogP contribution is -2.02. The molecule has 8 heteroatoms. The molecular formula is C18H16ClN3O3S. The van der Waals surface area contributed by atoms with Crippen molar-refractivity contribution in [1.82, 2.24) is 15.2 Å². The molecule has 0 unspecified atom stereocenters. The quantitative estimate of drug-likeness (QED) is 0.484. The van der Waals surface area contributed by atoms with Gasteiger partial charge in [0.2, 0.25) is 5.16 Å². The maximum absolute atomic E-state index is 12.3. The number of ether oxygens (including phenoxy) is 2. The van der Waals surface area contributed by atoms with E-state index >= 15 is 0 Å². The minimum absolute atomic E-state index is 0.00987. The van der Waals surface area contributed by atoms with E-state index in [0.29, 0.717) is 38.6 Å². The molecule has 0 aliphatic heterocycles. The summed E-state index contributed by atoms with van der Waals surface area (Å²) in [5.41, 5.74) is 1.33. The van der Waals surface area contributed by atoms with Crippen LogP contribution in [0.4, 0.5) is 0 Å². The highest BCUT2D eigenvalue weighted by Crippen LogP contribution is 2.31. The zero-order chi connectivity index (χ0) is 18.5. The molecule has 0 amide bonds. The SMILES string of the molecule is COc1ccc(C(=O)CSc2n[nH]c(-c3cc(Cl)ccc3OC)n2)cc1. The first-order valence-corrected chi connectivity index (χ1v) is 9.03. The fraction of sp³-hybridized carbons (Fsp3) is 0.167. The van der Waals surface area contributed by atoms with Gasteiger partial charge in [0.15, 0.2) is 11.6 Å². The van der Waals surface area contributed by atoms with E-state index < -0.39 is 0 Å². The van der Waals surface area contributed by atoms with Crippen molar-refractivity contribution in [3.05, 3.63) is 53.1 Å². The van der Waals surface area contributed by atoms with Gasteiger partial charge in [-0.25, -0.2) is 4.98 Å². The molecule has 0 aliphatic carbocycles. The monoisotopic (exact) mass is 389 g/mol.